The van der Waals surface area contributed by atoms with Gasteiger partial charge in [0.15, 0.2) is 16.7 Å². The zero-order valence-electron chi connectivity index (χ0n) is 15.2. The zero-order chi connectivity index (χ0) is 19.0. The minimum atomic E-state index is -1.47. The fourth-order valence-electron chi connectivity index (χ4n) is 3.21. The van der Waals surface area contributed by atoms with E-state index in [1.165, 1.54) is 30.4 Å². The monoisotopic (exact) mass is 381 g/mol. The third kappa shape index (κ3) is 6.06. The molecule has 3 rings (SSSR count). The minimum absolute atomic E-state index is 0.0275. The normalized spacial score (nSPS) is 19.7. The maximum absolute atomic E-state index is 10.9. The summed E-state index contributed by atoms with van der Waals surface area (Å²) in [6, 6.07) is 0. The van der Waals surface area contributed by atoms with Crippen LogP contribution in [-0.4, -0.2) is 58.3 Å². The number of nitrogens with zero attached hydrogens (tertiary/aromatic N) is 4. The Balaban J connectivity index is 0.000000228. The van der Waals surface area contributed by atoms with Crippen LogP contribution in [0.4, 0.5) is 5.13 Å². The SMILES string of the molecule is C=CC[N+]1(C)CCCC1.Nc1nc(C(=NOC2CCCC2)C(=O)[O-])ns1. The molecule has 2 N–H and O–H groups in total. The fraction of sp³-hybridized carbons (Fsp3) is 0.647. The average molecular weight is 382 g/mol. The molecule has 1 aromatic rings. The molecule has 1 saturated heterocycles. The number of carboxylic acids is 1. The number of rotatable bonds is 6. The van der Waals surface area contributed by atoms with E-state index in [9.17, 15) is 9.90 Å². The quantitative estimate of drug-likeness (QED) is 0.340. The van der Waals surface area contributed by atoms with Gasteiger partial charge in [-0.3, -0.25) is 0 Å². The van der Waals surface area contributed by atoms with E-state index in [0.29, 0.717) is 0 Å². The number of hydrogen-bond acceptors (Lipinski definition) is 8. The van der Waals surface area contributed by atoms with Gasteiger partial charge >= 0.3 is 0 Å². The molecule has 1 saturated carbocycles. The number of carboxylic acid groups (broad SMARTS) is 1. The molecule has 0 spiro atoms. The van der Waals surface area contributed by atoms with Crippen molar-refractivity contribution in [3.8, 4) is 0 Å². The number of oxime groups is 1. The number of hydrogen-bond donors (Lipinski definition) is 1. The molecule has 1 aromatic heterocycles. The third-order valence-electron chi connectivity index (χ3n) is 4.66. The van der Waals surface area contributed by atoms with Crippen LogP contribution < -0.4 is 10.8 Å². The molecule has 0 atom stereocenters. The highest BCUT2D eigenvalue weighted by atomic mass is 32.1. The first kappa shape index (κ1) is 20.3. The predicted molar refractivity (Wildman–Crippen MR) is 99.4 cm³/mol. The largest absolute Gasteiger partial charge is 0.543 e. The van der Waals surface area contributed by atoms with Gasteiger partial charge in [-0.15, -0.1) is 0 Å². The van der Waals surface area contributed by atoms with Gasteiger partial charge in [0.1, 0.15) is 6.10 Å². The van der Waals surface area contributed by atoms with Crippen LogP contribution in [0.1, 0.15) is 44.3 Å². The van der Waals surface area contributed by atoms with Crippen LogP contribution in [0.15, 0.2) is 17.8 Å². The van der Waals surface area contributed by atoms with E-state index in [2.05, 4.69) is 28.1 Å². The Labute approximate surface area is 158 Å². The Bertz CT molecular complexity index is 634. The van der Waals surface area contributed by atoms with Gasteiger partial charge in [-0.2, -0.15) is 9.36 Å². The van der Waals surface area contributed by atoms with E-state index in [1.807, 2.05) is 6.08 Å². The second-order valence-corrected chi connectivity index (χ2v) is 7.72. The van der Waals surface area contributed by atoms with Gasteiger partial charge in [0.05, 0.1) is 32.7 Å². The van der Waals surface area contributed by atoms with Crippen LogP contribution in [0.3, 0.4) is 0 Å². The second kappa shape index (κ2) is 9.63. The smallest absolute Gasteiger partial charge is 0.200 e. The van der Waals surface area contributed by atoms with Gasteiger partial charge in [0.2, 0.25) is 0 Å². The molecule has 0 amide bonds. The number of likely N-dealkylation sites (N-methyl/N-ethyl adjacent to an activating group) is 1. The number of nitrogen functional groups attached to an aromatic ring is 1. The van der Waals surface area contributed by atoms with E-state index in [1.54, 1.807) is 0 Å². The molecule has 0 bridgehead atoms. The summed E-state index contributed by atoms with van der Waals surface area (Å²) < 4.78 is 4.98. The van der Waals surface area contributed by atoms with Crippen molar-refractivity contribution in [2.24, 2.45) is 5.16 Å². The fourth-order valence-corrected chi connectivity index (χ4v) is 3.65. The summed E-state index contributed by atoms with van der Waals surface area (Å²) in [4.78, 5) is 19.7. The van der Waals surface area contributed by atoms with Crippen LogP contribution in [0.25, 0.3) is 0 Å². The van der Waals surface area contributed by atoms with Crippen molar-refractivity contribution in [1.82, 2.24) is 9.36 Å². The van der Waals surface area contributed by atoms with Gasteiger partial charge in [-0.05, 0) is 31.8 Å². The first-order valence-electron chi connectivity index (χ1n) is 8.93. The lowest BCUT2D eigenvalue weighted by Gasteiger charge is -2.27. The number of likely N-dealkylation sites (tertiary alicyclic amines) is 1. The minimum Gasteiger partial charge on any atom is -0.543 e. The average Bonchev–Trinajstić information content (AvgIpc) is 3.32. The van der Waals surface area contributed by atoms with Crippen molar-refractivity contribution in [3.05, 3.63) is 18.5 Å². The van der Waals surface area contributed by atoms with Crippen molar-refractivity contribution in [2.45, 2.75) is 44.6 Å². The molecule has 0 aromatic carbocycles. The second-order valence-electron chi connectivity index (χ2n) is 6.94. The summed E-state index contributed by atoms with van der Waals surface area (Å²) in [5, 5.41) is 14.6. The number of carbonyl (C=O) groups is 1. The highest BCUT2D eigenvalue weighted by molar-refractivity contribution is 7.09. The highest BCUT2D eigenvalue weighted by Gasteiger charge is 2.24. The molecule has 0 radical (unpaired) electrons. The van der Waals surface area contributed by atoms with E-state index in [-0.39, 0.29) is 17.1 Å². The summed E-state index contributed by atoms with van der Waals surface area (Å²) in [7, 11) is 2.31. The van der Waals surface area contributed by atoms with Crippen LogP contribution in [0.2, 0.25) is 0 Å². The molecule has 2 heterocycles. The summed E-state index contributed by atoms with van der Waals surface area (Å²) in [6.07, 6.45) is 8.73. The van der Waals surface area contributed by atoms with Crippen molar-refractivity contribution in [3.63, 3.8) is 0 Å². The number of quaternary nitrogens is 1. The maximum Gasteiger partial charge on any atom is 0.200 e. The molecule has 1 aliphatic carbocycles. The molecule has 0 unspecified atom stereocenters. The van der Waals surface area contributed by atoms with Crippen LogP contribution in [0.5, 0.6) is 0 Å². The van der Waals surface area contributed by atoms with Gasteiger partial charge in [-0.1, -0.05) is 11.7 Å². The first-order valence-corrected chi connectivity index (χ1v) is 9.70. The Morgan fingerprint density at radius 1 is 1.42 bits per heavy atom. The lowest BCUT2D eigenvalue weighted by atomic mass is 10.3. The molecule has 8 nitrogen and oxygen atoms in total. The van der Waals surface area contributed by atoms with E-state index in [0.717, 1.165) is 43.8 Å². The van der Waals surface area contributed by atoms with Crippen LogP contribution in [-0.2, 0) is 9.63 Å². The van der Waals surface area contributed by atoms with Crippen molar-refractivity contribution in [2.75, 3.05) is 32.4 Å². The summed E-state index contributed by atoms with van der Waals surface area (Å²) in [6.45, 7) is 7.61. The van der Waals surface area contributed by atoms with Gasteiger partial charge in [0.25, 0.3) is 0 Å². The summed E-state index contributed by atoms with van der Waals surface area (Å²) >= 11 is 0.897. The summed E-state index contributed by atoms with van der Waals surface area (Å²) in [5.41, 5.74) is 4.96. The molecular formula is C17H27N5O3S. The molecule has 2 fully saturated rings. The highest BCUT2D eigenvalue weighted by Crippen LogP contribution is 2.21. The van der Waals surface area contributed by atoms with Gasteiger partial charge in [0, 0.05) is 24.4 Å². The molecule has 2 aliphatic rings. The van der Waals surface area contributed by atoms with E-state index in [4.69, 9.17) is 10.6 Å². The Kier molecular flexibility index (Phi) is 7.52. The number of aliphatic carboxylic acids is 1. The molecule has 1 aliphatic heterocycles. The van der Waals surface area contributed by atoms with Crippen molar-refractivity contribution < 1.29 is 19.2 Å². The number of anilines is 1. The molecule has 144 valence electrons. The molecule has 26 heavy (non-hydrogen) atoms. The summed E-state index contributed by atoms with van der Waals surface area (Å²) in [5.74, 6) is -1.54. The van der Waals surface area contributed by atoms with E-state index >= 15 is 0 Å². The predicted octanol–water partition coefficient (Wildman–Crippen LogP) is 0.946. The third-order valence-corrected chi connectivity index (χ3v) is 5.20. The Morgan fingerprint density at radius 2 is 2.08 bits per heavy atom. The van der Waals surface area contributed by atoms with Gasteiger partial charge in [-0.25, -0.2) is 0 Å². The molecular weight excluding hydrogens is 354 g/mol. The Hall–Kier alpha value is -2.00. The van der Waals surface area contributed by atoms with Crippen molar-refractivity contribution in [1.29, 1.82) is 0 Å². The number of carbonyl (C=O) groups excluding carboxylic acids is 1. The van der Waals surface area contributed by atoms with Gasteiger partial charge < -0.3 is 25.0 Å². The van der Waals surface area contributed by atoms with Crippen molar-refractivity contribution >= 4 is 28.3 Å². The number of nitrogens with two attached hydrogens (primary N) is 1. The zero-order valence-corrected chi connectivity index (χ0v) is 16.0. The topological polar surface area (TPSA) is 114 Å². The first-order chi connectivity index (χ1) is 12.4. The van der Waals surface area contributed by atoms with Crippen LogP contribution in [0, 0.1) is 0 Å². The molecule has 9 heteroatoms. The maximum atomic E-state index is 10.9. The lowest BCUT2D eigenvalue weighted by Crippen LogP contribution is -2.40. The van der Waals surface area contributed by atoms with E-state index < -0.39 is 11.7 Å². The lowest BCUT2D eigenvalue weighted by molar-refractivity contribution is -0.891. The van der Waals surface area contributed by atoms with Crippen LogP contribution >= 0.6 is 11.5 Å². The number of aromatic nitrogens is 2. The standard InChI is InChI=1S/C9H12N4O3S.C8H16N/c10-9-11-7(13-17-9)6(8(14)15)12-16-5-3-1-2-4-5;1-3-6-9(2)7-4-5-8-9/h5H,1-4H2,(H,14,15)(H2,10,11,13);3H,1,4-8H2,2H3/q;+1/p-1. The Morgan fingerprint density at radius 3 is 2.58 bits per heavy atom.